The van der Waals surface area contributed by atoms with Crippen LogP contribution in [0.25, 0.3) is 16.9 Å². The van der Waals surface area contributed by atoms with Crippen LogP contribution in [-0.4, -0.2) is 38.6 Å². The van der Waals surface area contributed by atoms with Crippen molar-refractivity contribution in [2.75, 3.05) is 18.5 Å². The fourth-order valence-corrected chi connectivity index (χ4v) is 2.26. The lowest BCUT2D eigenvalue weighted by Crippen LogP contribution is -2.17. The Labute approximate surface area is 132 Å². The molecule has 0 fully saturated rings. The van der Waals surface area contributed by atoms with E-state index in [9.17, 15) is 9.90 Å². The number of ether oxygens (including phenoxy) is 1. The molecule has 0 radical (unpaired) electrons. The number of imidazole rings is 1. The average molecular weight is 312 g/mol. The molecule has 3 aromatic rings. The highest BCUT2D eigenvalue weighted by molar-refractivity contribution is 5.80. The average Bonchev–Trinajstić information content (AvgIpc) is 2.92. The molecule has 0 aliphatic carbocycles. The Morgan fingerprint density at radius 1 is 1.35 bits per heavy atom. The quantitative estimate of drug-likeness (QED) is 0.701. The summed E-state index contributed by atoms with van der Waals surface area (Å²) in [6.07, 6.45) is 5.05. The van der Waals surface area contributed by atoms with E-state index in [-0.39, 0.29) is 18.3 Å². The molecule has 0 amide bonds. The fraction of sp³-hybridized carbons (Fsp3) is 0.188. The molecule has 7 heteroatoms. The Hall–Kier alpha value is -3.09. The predicted molar refractivity (Wildman–Crippen MR) is 85.2 cm³/mol. The van der Waals surface area contributed by atoms with Gasteiger partial charge in [-0.05, 0) is 31.2 Å². The van der Waals surface area contributed by atoms with Gasteiger partial charge in [-0.25, -0.2) is 4.98 Å². The molecule has 0 bridgehead atoms. The Kier molecular flexibility index (Phi) is 4.09. The number of rotatable bonds is 5. The molecule has 0 aliphatic heterocycles. The molecule has 7 nitrogen and oxygen atoms in total. The van der Waals surface area contributed by atoms with Gasteiger partial charge in [-0.15, -0.1) is 0 Å². The Balaban J connectivity index is 2.01. The van der Waals surface area contributed by atoms with Crippen molar-refractivity contribution in [2.45, 2.75) is 6.92 Å². The highest BCUT2D eigenvalue weighted by Crippen LogP contribution is 2.29. The third-order valence-electron chi connectivity index (χ3n) is 3.28. The van der Waals surface area contributed by atoms with Gasteiger partial charge in [0.15, 0.2) is 5.65 Å². The normalized spacial score (nSPS) is 10.7. The summed E-state index contributed by atoms with van der Waals surface area (Å²) in [5.41, 5.74) is 2.14. The highest BCUT2D eigenvalue weighted by atomic mass is 16.5. The number of esters is 1. The molecule has 0 spiro atoms. The number of phenols is 1. The molecule has 2 N–H and O–H groups in total. The minimum Gasteiger partial charge on any atom is -0.508 e. The number of benzene rings is 1. The van der Waals surface area contributed by atoms with Crippen molar-refractivity contribution in [2.24, 2.45) is 0 Å². The smallest absolute Gasteiger partial charge is 0.325 e. The standard InChI is InChI=1S/C16H16N4O3/c1-2-23-14(22)10-18-16-15(11-3-5-12(21)6-4-11)19-13-9-17-7-8-20(13)16/h3-9,18,21H,2,10H2,1H3. The molecule has 118 valence electrons. The van der Waals surface area contributed by atoms with Gasteiger partial charge < -0.3 is 15.2 Å². The summed E-state index contributed by atoms with van der Waals surface area (Å²) >= 11 is 0. The number of hydrogen-bond donors (Lipinski definition) is 2. The summed E-state index contributed by atoms with van der Waals surface area (Å²) < 4.78 is 6.75. The number of hydrogen-bond acceptors (Lipinski definition) is 6. The summed E-state index contributed by atoms with van der Waals surface area (Å²) in [7, 11) is 0. The maximum Gasteiger partial charge on any atom is 0.325 e. The number of fused-ring (bicyclic) bond motifs is 1. The number of nitrogens with zero attached hydrogens (tertiary/aromatic N) is 3. The molecular formula is C16H16N4O3. The minimum absolute atomic E-state index is 0.0367. The largest absolute Gasteiger partial charge is 0.508 e. The van der Waals surface area contributed by atoms with Crippen LogP contribution in [0.2, 0.25) is 0 Å². The molecule has 23 heavy (non-hydrogen) atoms. The second kappa shape index (κ2) is 6.35. The van der Waals surface area contributed by atoms with E-state index in [1.807, 2.05) is 4.40 Å². The van der Waals surface area contributed by atoms with E-state index >= 15 is 0 Å². The molecule has 3 rings (SSSR count). The lowest BCUT2D eigenvalue weighted by Gasteiger charge is -2.08. The first-order chi connectivity index (χ1) is 11.2. The van der Waals surface area contributed by atoms with E-state index in [1.54, 1.807) is 49.8 Å². The van der Waals surface area contributed by atoms with E-state index in [2.05, 4.69) is 15.3 Å². The second-order valence-electron chi connectivity index (χ2n) is 4.82. The van der Waals surface area contributed by atoms with Crippen LogP contribution in [0.4, 0.5) is 5.82 Å². The predicted octanol–water partition coefficient (Wildman–Crippen LogP) is 2.08. The van der Waals surface area contributed by atoms with Gasteiger partial charge in [-0.2, -0.15) is 0 Å². The van der Waals surface area contributed by atoms with Crippen molar-refractivity contribution in [3.63, 3.8) is 0 Å². The zero-order valence-corrected chi connectivity index (χ0v) is 12.6. The lowest BCUT2D eigenvalue weighted by molar-refractivity contribution is -0.140. The van der Waals surface area contributed by atoms with Crippen LogP contribution in [0.3, 0.4) is 0 Å². The van der Waals surface area contributed by atoms with Gasteiger partial charge in [0.2, 0.25) is 0 Å². The molecule has 1 aromatic carbocycles. The SMILES string of the molecule is CCOC(=O)CNc1c(-c2ccc(O)cc2)nc2cnccn12. The summed E-state index contributed by atoms with van der Waals surface area (Å²) in [6.45, 7) is 2.14. The molecule has 2 heterocycles. The van der Waals surface area contributed by atoms with Crippen molar-refractivity contribution in [3.05, 3.63) is 42.9 Å². The van der Waals surface area contributed by atoms with Gasteiger partial charge in [0, 0.05) is 18.0 Å². The van der Waals surface area contributed by atoms with Gasteiger partial charge in [0.25, 0.3) is 0 Å². The maximum absolute atomic E-state index is 11.6. The summed E-state index contributed by atoms with van der Waals surface area (Å²) in [5, 5.41) is 12.5. The molecule has 0 saturated carbocycles. The molecule has 0 aliphatic rings. The van der Waals surface area contributed by atoms with Crippen LogP contribution in [0, 0.1) is 0 Å². The van der Waals surface area contributed by atoms with E-state index in [4.69, 9.17) is 4.74 Å². The van der Waals surface area contributed by atoms with Crippen LogP contribution in [-0.2, 0) is 9.53 Å². The molecule has 0 unspecified atom stereocenters. The molecule has 0 atom stereocenters. The number of aromatic hydroxyl groups is 1. The number of aromatic nitrogens is 3. The molecule has 0 saturated heterocycles. The van der Waals surface area contributed by atoms with E-state index in [0.29, 0.717) is 23.8 Å². The first-order valence-electron chi connectivity index (χ1n) is 7.20. The zero-order chi connectivity index (χ0) is 16.2. The maximum atomic E-state index is 11.6. The number of nitrogens with one attached hydrogen (secondary N) is 1. The molecular weight excluding hydrogens is 296 g/mol. The first-order valence-corrected chi connectivity index (χ1v) is 7.20. The van der Waals surface area contributed by atoms with Crippen molar-refractivity contribution < 1.29 is 14.6 Å². The molecule has 2 aromatic heterocycles. The number of carbonyl (C=O) groups is 1. The van der Waals surface area contributed by atoms with Gasteiger partial charge in [0.05, 0.1) is 12.8 Å². The Bertz CT molecular complexity index is 827. The van der Waals surface area contributed by atoms with Crippen LogP contribution < -0.4 is 5.32 Å². The topological polar surface area (TPSA) is 88.8 Å². The van der Waals surface area contributed by atoms with Crippen LogP contribution >= 0.6 is 0 Å². The Morgan fingerprint density at radius 3 is 2.87 bits per heavy atom. The van der Waals surface area contributed by atoms with Gasteiger partial charge in [-0.3, -0.25) is 14.2 Å². The van der Waals surface area contributed by atoms with Gasteiger partial charge in [-0.1, -0.05) is 0 Å². The third-order valence-corrected chi connectivity index (χ3v) is 3.28. The third kappa shape index (κ3) is 3.08. The van der Waals surface area contributed by atoms with Crippen LogP contribution in [0.5, 0.6) is 5.75 Å². The summed E-state index contributed by atoms with van der Waals surface area (Å²) in [6, 6.07) is 6.71. The van der Waals surface area contributed by atoms with Gasteiger partial charge in [0.1, 0.15) is 23.8 Å². The van der Waals surface area contributed by atoms with Crippen molar-refractivity contribution in [1.29, 1.82) is 0 Å². The number of anilines is 1. The summed E-state index contributed by atoms with van der Waals surface area (Å²) in [5.74, 6) is 0.509. The monoisotopic (exact) mass is 312 g/mol. The van der Waals surface area contributed by atoms with E-state index in [1.165, 1.54) is 0 Å². The van der Waals surface area contributed by atoms with E-state index in [0.717, 1.165) is 5.56 Å². The highest BCUT2D eigenvalue weighted by Gasteiger charge is 2.15. The lowest BCUT2D eigenvalue weighted by atomic mass is 10.1. The van der Waals surface area contributed by atoms with E-state index < -0.39 is 0 Å². The minimum atomic E-state index is -0.340. The zero-order valence-electron chi connectivity index (χ0n) is 12.6. The first kappa shape index (κ1) is 14.8. The number of carbonyl (C=O) groups excluding carboxylic acids is 1. The van der Waals surface area contributed by atoms with Crippen molar-refractivity contribution in [1.82, 2.24) is 14.4 Å². The van der Waals surface area contributed by atoms with Crippen LogP contribution in [0.1, 0.15) is 6.92 Å². The van der Waals surface area contributed by atoms with Gasteiger partial charge >= 0.3 is 5.97 Å². The second-order valence-corrected chi connectivity index (χ2v) is 4.82. The van der Waals surface area contributed by atoms with Crippen LogP contribution in [0.15, 0.2) is 42.9 Å². The summed E-state index contributed by atoms with van der Waals surface area (Å²) in [4.78, 5) is 20.2. The number of phenolic OH excluding ortho intramolecular Hbond substituents is 1. The fourth-order valence-electron chi connectivity index (χ4n) is 2.26. The Morgan fingerprint density at radius 2 is 2.13 bits per heavy atom. The van der Waals surface area contributed by atoms with Crippen molar-refractivity contribution in [3.8, 4) is 17.0 Å². The van der Waals surface area contributed by atoms with Crippen molar-refractivity contribution >= 4 is 17.4 Å².